The average Bonchev–Trinajstić information content (AvgIpc) is 1.41. The number of rotatable bonds is 2. The molecule has 5 heavy (non-hydrogen) atoms. The summed E-state index contributed by atoms with van der Waals surface area (Å²) in [6, 6.07) is 0. The van der Waals surface area contributed by atoms with Gasteiger partial charge in [-0.15, -0.1) is 12.6 Å². The zero-order valence-corrected chi connectivity index (χ0v) is 3.31. The van der Waals surface area contributed by atoms with E-state index in [1.807, 2.05) is 0 Å². The molecule has 0 aromatic heterocycles. The first-order chi connectivity index (χ1) is 2.41. The summed E-state index contributed by atoms with van der Waals surface area (Å²) < 4.78 is 0. The van der Waals surface area contributed by atoms with Crippen molar-refractivity contribution in [2.24, 2.45) is 0 Å². The number of thiol groups is 1. The summed E-state index contributed by atoms with van der Waals surface area (Å²) in [6.45, 7) is 0. The quantitative estimate of drug-likeness (QED) is 0.225. The van der Waals surface area contributed by atoms with E-state index in [9.17, 15) is 0 Å². The Labute approximate surface area is 34.8 Å². The normalized spacial score (nSPS) is 8.40. The Hall–Kier alpha value is 0.230. The first-order valence-corrected chi connectivity index (χ1v) is 1.59. The van der Waals surface area contributed by atoms with Gasteiger partial charge in [-0.3, -0.25) is 0 Å². The van der Waals surface area contributed by atoms with Gasteiger partial charge in [0, 0.05) is 0 Å². The fourth-order valence-corrected chi connectivity index (χ4v) is 0.0707. The molecule has 0 aliphatic carbocycles. The molecular weight excluding hydrogens is 92.1 g/mol. The number of hydrogen-bond donors (Lipinski definition) is 2. The van der Waals surface area contributed by atoms with Gasteiger partial charge in [-0.1, -0.05) is 5.04 Å². The SMILES string of the molecule is OOOCS. The van der Waals surface area contributed by atoms with E-state index in [-0.39, 0.29) is 5.94 Å². The van der Waals surface area contributed by atoms with Crippen molar-refractivity contribution in [3.8, 4) is 0 Å². The summed E-state index contributed by atoms with van der Waals surface area (Å²) in [5.41, 5.74) is 0. The predicted molar refractivity (Wildman–Crippen MR) is 18.7 cm³/mol. The van der Waals surface area contributed by atoms with Gasteiger partial charge in [0.1, 0.15) is 5.94 Å². The molecule has 0 fully saturated rings. The minimum atomic E-state index is 0.0660. The molecule has 32 valence electrons. The van der Waals surface area contributed by atoms with Gasteiger partial charge in [-0.2, -0.15) is 4.89 Å². The van der Waals surface area contributed by atoms with Gasteiger partial charge in [-0.05, 0) is 0 Å². The van der Waals surface area contributed by atoms with Crippen LogP contribution >= 0.6 is 12.6 Å². The Morgan fingerprint density at radius 3 is 2.40 bits per heavy atom. The van der Waals surface area contributed by atoms with Gasteiger partial charge >= 0.3 is 0 Å². The Balaban J connectivity index is 2.19. The van der Waals surface area contributed by atoms with Crippen molar-refractivity contribution in [2.45, 2.75) is 0 Å². The Morgan fingerprint density at radius 1 is 1.80 bits per heavy atom. The van der Waals surface area contributed by atoms with Crippen molar-refractivity contribution in [2.75, 3.05) is 5.94 Å². The van der Waals surface area contributed by atoms with Crippen molar-refractivity contribution in [1.29, 1.82) is 0 Å². The van der Waals surface area contributed by atoms with Crippen LogP contribution in [0, 0.1) is 0 Å². The van der Waals surface area contributed by atoms with Crippen LogP contribution in [0.1, 0.15) is 0 Å². The molecule has 1 N–H and O–H groups in total. The zero-order chi connectivity index (χ0) is 4.12. The lowest BCUT2D eigenvalue weighted by atomic mass is 11.7. The molecule has 0 saturated heterocycles. The molecule has 0 rings (SSSR count). The highest BCUT2D eigenvalue weighted by Crippen LogP contribution is 1.72. The Morgan fingerprint density at radius 2 is 2.40 bits per heavy atom. The average molecular weight is 96.1 g/mol. The molecular formula is CH4O3S. The number of hydrogen-bond acceptors (Lipinski definition) is 4. The monoisotopic (exact) mass is 96.0 g/mol. The largest absolute Gasteiger partial charge is 0.221 e. The van der Waals surface area contributed by atoms with Crippen molar-refractivity contribution < 1.29 is 15.2 Å². The molecule has 0 unspecified atom stereocenters. The summed E-state index contributed by atoms with van der Waals surface area (Å²) in [4.78, 5) is 3.75. The van der Waals surface area contributed by atoms with Crippen molar-refractivity contribution >= 4 is 12.6 Å². The van der Waals surface area contributed by atoms with E-state index in [1.165, 1.54) is 0 Å². The summed E-state index contributed by atoms with van der Waals surface area (Å²) in [7, 11) is 0. The zero-order valence-electron chi connectivity index (χ0n) is 2.42. The van der Waals surface area contributed by atoms with E-state index in [4.69, 9.17) is 5.26 Å². The van der Waals surface area contributed by atoms with Gasteiger partial charge in [0.05, 0.1) is 0 Å². The predicted octanol–water partition coefficient (Wildman–Crippen LogP) is 0.295. The van der Waals surface area contributed by atoms with Crippen LogP contribution in [0.3, 0.4) is 0 Å². The maximum absolute atomic E-state index is 7.30. The van der Waals surface area contributed by atoms with Crippen molar-refractivity contribution in [1.82, 2.24) is 0 Å². The lowest BCUT2D eigenvalue weighted by Gasteiger charge is -1.82. The molecule has 0 heterocycles. The molecule has 0 spiro atoms. The molecule has 0 bridgehead atoms. The Kier molecular flexibility index (Phi) is 4.42. The minimum Gasteiger partial charge on any atom is -0.221 e. The van der Waals surface area contributed by atoms with Crippen LogP contribution in [0.2, 0.25) is 0 Å². The molecule has 0 radical (unpaired) electrons. The van der Waals surface area contributed by atoms with E-state index in [1.54, 1.807) is 0 Å². The molecule has 0 aromatic rings. The van der Waals surface area contributed by atoms with E-state index < -0.39 is 0 Å². The highest BCUT2D eigenvalue weighted by molar-refractivity contribution is 7.80. The van der Waals surface area contributed by atoms with E-state index in [0.717, 1.165) is 0 Å². The van der Waals surface area contributed by atoms with Gasteiger partial charge in [0.15, 0.2) is 0 Å². The second kappa shape index (κ2) is 4.23. The Bertz CT molecular complexity index is 14.4. The molecule has 0 saturated carbocycles. The highest BCUT2D eigenvalue weighted by Gasteiger charge is 1.66. The summed E-state index contributed by atoms with van der Waals surface area (Å²) in [5, 5.41) is 10.4. The third-order valence-corrected chi connectivity index (χ3v) is 0.211. The van der Waals surface area contributed by atoms with Crippen LogP contribution in [0.15, 0.2) is 0 Å². The van der Waals surface area contributed by atoms with Gasteiger partial charge < -0.3 is 0 Å². The summed E-state index contributed by atoms with van der Waals surface area (Å²) in [6.07, 6.45) is 0. The molecule has 0 amide bonds. The van der Waals surface area contributed by atoms with Gasteiger partial charge in [0.25, 0.3) is 0 Å². The molecule has 4 heteroatoms. The lowest BCUT2D eigenvalue weighted by molar-refractivity contribution is -0.482. The second-order valence-corrected chi connectivity index (χ2v) is 0.580. The van der Waals surface area contributed by atoms with Crippen LogP contribution < -0.4 is 0 Å². The van der Waals surface area contributed by atoms with Gasteiger partial charge in [0.2, 0.25) is 0 Å². The lowest BCUT2D eigenvalue weighted by Crippen LogP contribution is -1.81. The van der Waals surface area contributed by atoms with Crippen LogP contribution in [-0.2, 0) is 9.93 Å². The summed E-state index contributed by atoms with van der Waals surface area (Å²) in [5.74, 6) is 0.0660. The van der Waals surface area contributed by atoms with Crippen LogP contribution in [-0.4, -0.2) is 11.2 Å². The van der Waals surface area contributed by atoms with E-state index in [2.05, 4.69) is 22.6 Å². The molecule has 0 aromatic carbocycles. The third kappa shape index (κ3) is 4.23. The molecule has 3 nitrogen and oxygen atoms in total. The maximum atomic E-state index is 7.30. The molecule has 0 aliphatic rings. The standard InChI is InChI=1S/CH4O3S/c2-4-3-1-5/h2,5H,1H2. The first kappa shape index (κ1) is 5.23. The first-order valence-electron chi connectivity index (χ1n) is 0.954. The van der Waals surface area contributed by atoms with E-state index in [0.29, 0.717) is 0 Å². The maximum Gasteiger partial charge on any atom is 0.128 e. The smallest absolute Gasteiger partial charge is 0.128 e. The van der Waals surface area contributed by atoms with Crippen LogP contribution in [0.5, 0.6) is 0 Å². The third-order valence-electron chi connectivity index (χ3n) is 0.105. The van der Waals surface area contributed by atoms with Crippen LogP contribution in [0.25, 0.3) is 0 Å². The van der Waals surface area contributed by atoms with Crippen LogP contribution in [0.4, 0.5) is 0 Å². The van der Waals surface area contributed by atoms with E-state index >= 15 is 0 Å². The van der Waals surface area contributed by atoms with Gasteiger partial charge in [-0.25, -0.2) is 5.26 Å². The molecule has 0 atom stereocenters. The highest BCUT2D eigenvalue weighted by atomic mass is 32.1. The summed E-state index contributed by atoms with van der Waals surface area (Å²) >= 11 is 3.49. The molecule has 0 aliphatic heterocycles. The van der Waals surface area contributed by atoms with Crippen molar-refractivity contribution in [3.63, 3.8) is 0 Å². The van der Waals surface area contributed by atoms with Crippen molar-refractivity contribution in [3.05, 3.63) is 0 Å². The topological polar surface area (TPSA) is 38.7 Å². The second-order valence-electron chi connectivity index (χ2n) is 0.321. The minimum absolute atomic E-state index is 0.0660. The fourth-order valence-electron chi connectivity index (χ4n) is 0.0236. The fraction of sp³-hybridized carbons (Fsp3) is 1.00.